The number of piperazine rings is 1. The molecule has 0 saturated carbocycles. The fourth-order valence-corrected chi connectivity index (χ4v) is 2.66. The SMILES string of the molecule is COC(=O)C1CN(CC(=O)Nc2cc(Br)ccn2)CCN1C. The molecule has 120 valence electrons. The number of halogens is 1. The van der Waals surface area contributed by atoms with Crippen LogP contribution in [0.5, 0.6) is 0 Å². The first kappa shape index (κ1) is 16.9. The van der Waals surface area contributed by atoms with E-state index >= 15 is 0 Å². The Kier molecular flexibility index (Phi) is 5.87. The van der Waals surface area contributed by atoms with Crippen molar-refractivity contribution in [3.05, 3.63) is 22.8 Å². The standard InChI is InChI=1S/C14H19BrN4O3/c1-18-5-6-19(8-11(18)14(21)22-2)9-13(20)17-12-7-10(15)3-4-16-12/h3-4,7,11H,5-6,8-9H2,1-2H3,(H,16,17,20). The highest BCUT2D eigenvalue weighted by Crippen LogP contribution is 2.13. The van der Waals surface area contributed by atoms with Crippen LogP contribution in [0.15, 0.2) is 22.8 Å². The quantitative estimate of drug-likeness (QED) is 0.781. The summed E-state index contributed by atoms with van der Waals surface area (Å²) in [6.45, 7) is 2.13. The molecule has 1 saturated heterocycles. The molecule has 1 amide bonds. The van der Waals surface area contributed by atoms with Crippen molar-refractivity contribution in [1.29, 1.82) is 0 Å². The van der Waals surface area contributed by atoms with Crippen LogP contribution in [-0.2, 0) is 14.3 Å². The summed E-state index contributed by atoms with van der Waals surface area (Å²) in [5.74, 6) is 0.0676. The van der Waals surface area contributed by atoms with Crippen LogP contribution in [0, 0.1) is 0 Å². The van der Waals surface area contributed by atoms with Gasteiger partial charge >= 0.3 is 5.97 Å². The topological polar surface area (TPSA) is 74.8 Å². The minimum absolute atomic E-state index is 0.154. The largest absolute Gasteiger partial charge is 0.468 e. The van der Waals surface area contributed by atoms with Gasteiger partial charge < -0.3 is 10.1 Å². The number of nitrogens with zero attached hydrogens (tertiary/aromatic N) is 3. The van der Waals surface area contributed by atoms with Crippen molar-refractivity contribution in [3.63, 3.8) is 0 Å². The van der Waals surface area contributed by atoms with Crippen molar-refractivity contribution in [2.45, 2.75) is 6.04 Å². The second-order valence-corrected chi connectivity index (χ2v) is 6.08. The maximum absolute atomic E-state index is 12.1. The Bertz CT molecular complexity index is 555. The summed E-state index contributed by atoms with van der Waals surface area (Å²) in [6.07, 6.45) is 1.61. The predicted octanol–water partition coefficient (Wildman–Crippen LogP) is 0.572. The fourth-order valence-electron chi connectivity index (χ4n) is 2.32. The van der Waals surface area contributed by atoms with Gasteiger partial charge in [0.2, 0.25) is 5.91 Å². The van der Waals surface area contributed by atoms with E-state index in [9.17, 15) is 9.59 Å². The lowest BCUT2D eigenvalue weighted by Crippen LogP contribution is -2.56. The first-order valence-electron chi connectivity index (χ1n) is 6.91. The Morgan fingerprint density at radius 2 is 2.27 bits per heavy atom. The summed E-state index contributed by atoms with van der Waals surface area (Å²) < 4.78 is 5.65. The number of hydrogen-bond acceptors (Lipinski definition) is 6. The summed E-state index contributed by atoms with van der Waals surface area (Å²) in [5.41, 5.74) is 0. The Labute approximate surface area is 137 Å². The van der Waals surface area contributed by atoms with E-state index < -0.39 is 0 Å². The van der Waals surface area contributed by atoms with E-state index in [0.717, 1.165) is 11.0 Å². The molecule has 1 aromatic heterocycles. The average molecular weight is 371 g/mol. The van der Waals surface area contributed by atoms with Crippen LogP contribution in [0.1, 0.15) is 0 Å². The molecule has 22 heavy (non-hydrogen) atoms. The number of hydrogen-bond donors (Lipinski definition) is 1. The number of amides is 1. The van der Waals surface area contributed by atoms with Gasteiger partial charge in [-0.2, -0.15) is 0 Å². The Hall–Kier alpha value is -1.51. The number of ether oxygens (including phenoxy) is 1. The van der Waals surface area contributed by atoms with Gasteiger partial charge in [-0.15, -0.1) is 0 Å². The molecule has 8 heteroatoms. The number of nitrogens with one attached hydrogen (secondary N) is 1. The molecule has 2 rings (SSSR count). The summed E-state index contributed by atoms with van der Waals surface area (Å²) >= 11 is 3.33. The number of methoxy groups -OCH3 is 1. The van der Waals surface area contributed by atoms with Crippen molar-refractivity contribution in [1.82, 2.24) is 14.8 Å². The number of rotatable bonds is 4. The highest BCUT2D eigenvalue weighted by Gasteiger charge is 2.31. The monoisotopic (exact) mass is 370 g/mol. The first-order chi connectivity index (χ1) is 10.5. The van der Waals surface area contributed by atoms with Gasteiger partial charge in [-0.3, -0.25) is 19.4 Å². The minimum atomic E-state index is -0.337. The molecular weight excluding hydrogens is 352 g/mol. The van der Waals surface area contributed by atoms with Crippen molar-refractivity contribution < 1.29 is 14.3 Å². The van der Waals surface area contributed by atoms with Crippen LogP contribution in [0.3, 0.4) is 0 Å². The molecule has 0 radical (unpaired) electrons. The highest BCUT2D eigenvalue weighted by atomic mass is 79.9. The molecule has 0 bridgehead atoms. The van der Waals surface area contributed by atoms with E-state index in [2.05, 4.69) is 26.2 Å². The summed E-state index contributed by atoms with van der Waals surface area (Å²) in [5, 5.41) is 2.75. The third kappa shape index (κ3) is 4.49. The maximum Gasteiger partial charge on any atom is 0.324 e. The van der Waals surface area contributed by atoms with Gasteiger partial charge in [0, 0.05) is 30.3 Å². The van der Waals surface area contributed by atoms with Crippen LogP contribution in [0.25, 0.3) is 0 Å². The van der Waals surface area contributed by atoms with Gasteiger partial charge in [0.15, 0.2) is 0 Å². The van der Waals surface area contributed by atoms with Crippen molar-refractivity contribution in [2.24, 2.45) is 0 Å². The lowest BCUT2D eigenvalue weighted by molar-refractivity contribution is -0.149. The zero-order valence-electron chi connectivity index (χ0n) is 12.6. The van der Waals surface area contributed by atoms with Crippen molar-refractivity contribution in [2.75, 3.05) is 45.7 Å². The molecule has 1 atom stereocenters. The fraction of sp³-hybridized carbons (Fsp3) is 0.500. The van der Waals surface area contributed by atoms with Crippen LogP contribution in [0.2, 0.25) is 0 Å². The number of esters is 1. The number of carbonyl (C=O) groups is 2. The van der Waals surface area contributed by atoms with Crippen LogP contribution >= 0.6 is 15.9 Å². The second kappa shape index (κ2) is 7.66. The number of pyridine rings is 1. The molecule has 0 aliphatic carbocycles. The van der Waals surface area contributed by atoms with Gasteiger partial charge in [0.25, 0.3) is 0 Å². The molecule has 1 unspecified atom stereocenters. The molecule has 1 aliphatic rings. The van der Waals surface area contributed by atoms with Crippen LogP contribution in [-0.4, -0.2) is 73.0 Å². The molecule has 0 spiro atoms. The molecule has 7 nitrogen and oxygen atoms in total. The van der Waals surface area contributed by atoms with Crippen LogP contribution in [0.4, 0.5) is 5.82 Å². The van der Waals surface area contributed by atoms with E-state index in [-0.39, 0.29) is 24.5 Å². The number of carbonyl (C=O) groups excluding carboxylic acids is 2. The van der Waals surface area contributed by atoms with E-state index in [4.69, 9.17) is 4.74 Å². The molecule has 1 N–H and O–H groups in total. The Balaban J connectivity index is 1.90. The molecular formula is C14H19BrN4O3. The Morgan fingerprint density at radius 3 is 2.95 bits per heavy atom. The van der Waals surface area contributed by atoms with Crippen molar-refractivity contribution >= 4 is 33.6 Å². The third-order valence-corrected chi connectivity index (χ3v) is 4.06. The van der Waals surface area contributed by atoms with Gasteiger partial charge in [-0.1, -0.05) is 15.9 Å². The summed E-state index contributed by atoms with van der Waals surface area (Å²) in [6, 6.07) is 3.19. The molecule has 0 aromatic carbocycles. The summed E-state index contributed by atoms with van der Waals surface area (Å²) in [7, 11) is 3.26. The Morgan fingerprint density at radius 1 is 1.50 bits per heavy atom. The van der Waals surface area contributed by atoms with E-state index in [1.807, 2.05) is 16.8 Å². The predicted molar refractivity (Wildman–Crippen MR) is 85.4 cm³/mol. The van der Waals surface area contributed by atoms with Gasteiger partial charge in [-0.25, -0.2) is 4.98 Å². The van der Waals surface area contributed by atoms with Crippen LogP contribution < -0.4 is 5.32 Å². The van der Waals surface area contributed by atoms with Gasteiger partial charge in [-0.05, 0) is 19.2 Å². The molecule has 1 fully saturated rings. The maximum atomic E-state index is 12.1. The van der Waals surface area contributed by atoms with Gasteiger partial charge in [0.1, 0.15) is 11.9 Å². The zero-order chi connectivity index (χ0) is 16.1. The molecule has 1 aromatic rings. The smallest absolute Gasteiger partial charge is 0.324 e. The van der Waals surface area contributed by atoms with Crippen molar-refractivity contribution in [3.8, 4) is 0 Å². The second-order valence-electron chi connectivity index (χ2n) is 5.16. The summed E-state index contributed by atoms with van der Waals surface area (Å²) in [4.78, 5) is 31.8. The first-order valence-corrected chi connectivity index (χ1v) is 7.70. The molecule has 1 aliphatic heterocycles. The van der Waals surface area contributed by atoms with E-state index in [0.29, 0.717) is 18.9 Å². The third-order valence-electron chi connectivity index (χ3n) is 3.56. The zero-order valence-corrected chi connectivity index (χ0v) is 14.2. The number of anilines is 1. The lowest BCUT2D eigenvalue weighted by atomic mass is 10.2. The number of likely N-dealkylation sites (N-methyl/N-ethyl adjacent to an activating group) is 1. The normalized spacial score (nSPS) is 19.7. The van der Waals surface area contributed by atoms with E-state index in [1.165, 1.54) is 7.11 Å². The highest BCUT2D eigenvalue weighted by molar-refractivity contribution is 9.10. The van der Waals surface area contributed by atoms with E-state index in [1.54, 1.807) is 18.3 Å². The molecule has 2 heterocycles. The number of aromatic nitrogens is 1. The lowest BCUT2D eigenvalue weighted by Gasteiger charge is -2.37. The minimum Gasteiger partial charge on any atom is -0.468 e. The van der Waals surface area contributed by atoms with Gasteiger partial charge in [0.05, 0.1) is 13.7 Å². The average Bonchev–Trinajstić information content (AvgIpc) is 2.48.